The monoisotopic (exact) mass is 257 g/mol. The van der Waals surface area contributed by atoms with Gasteiger partial charge in [-0.3, -0.25) is 0 Å². The third kappa shape index (κ3) is 2.28. The van der Waals surface area contributed by atoms with E-state index in [2.05, 4.69) is 46.6 Å². The molecule has 1 N–H and O–H groups in total. The first-order chi connectivity index (χ1) is 9.24. The minimum atomic E-state index is 0.00584. The minimum absolute atomic E-state index is 0.00584. The number of nitrogens with zero attached hydrogens (tertiary/aromatic N) is 2. The molecule has 0 amide bonds. The van der Waals surface area contributed by atoms with E-state index in [0.29, 0.717) is 6.04 Å². The molecule has 1 fully saturated rings. The number of rotatable bonds is 5. The van der Waals surface area contributed by atoms with Crippen molar-refractivity contribution < 1.29 is 4.52 Å². The van der Waals surface area contributed by atoms with Crippen molar-refractivity contribution in [1.29, 1.82) is 0 Å². The first-order valence-corrected chi connectivity index (χ1v) is 6.80. The van der Waals surface area contributed by atoms with Crippen LogP contribution in [-0.2, 0) is 11.8 Å². The second kappa shape index (κ2) is 4.78. The molecule has 0 spiro atoms. The summed E-state index contributed by atoms with van der Waals surface area (Å²) in [5.74, 6) is 1.57. The van der Waals surface area contributed by atoms with E-state index in [-0.39, 0.29) is 5.41 Å². The van der Waals surface area contributed by atoms with E-state index in [1.807, 2.05) is 13.1 Å². The number of hydrogen-bond donors (Lipinski definition) is 1. The highest BCUT2D eigenvalue weighted by Crippen LogP contribution is 2.52. The summed E-state index contributed by atoms with van der Waals surface area (Å²) in [6.07, 6.45) is 2.99. The van der Waals surface area contributed by atoms with Crippen molar-refractivity contribution >= 4 is 0 Å². The van der Waals surface area contributed by atoms with Crippen LogP contribution in [0.3, 0.4) is 0 Å². The summed E-state index contributed by atoms with van der Waals surface area (Å²) in [5.41, 5.74) is 1.30. The summed E-state index contributed by atoms with van der Waals surface area (Å²) in [4.78, 5) is 4.59. The summed E-state index contributed by atoms with van der Waals surface area (Å²) in [6.45, 7) is 2.11. The fourth-order valence-corrected chi connectivity index (χ4v) is 2.42. The van der Waals surface area contributed by atoms with Gasteiger partial charge < -0.3 is 9.84 Å². The molecule has 1 aliphatic rings. The Hall–Kier alpha value is -1.68. The summed E-state index contributed by atoms with van der Waals surface area (Å²) in [7, 11) is 1.94. The Morgan fingerprint density at radius 3 is 2.68 bits per heavy atom. The first-order valence-electron chi connectivity index (χ1n) is 6.80. The molecule has 0 aliphatic heterocycles. The number of benzene rings is 1. The Morgan fingerprint density at radius 2 is 2.05 bits per heavy atom. The zero-order valence-corrected chi connectivity index (χ0v) is 11.4. The van der Waals surface area contributed by atoms with Gasteiger partial charge in [0.1, 0.15) is 0 Å². The van der Waals surface area contributed by atoms with Crippen molar-refractivity contribution in [3.05, 3.63) is 47.6 Å². The lowest BCUT2D eigenvalue weighted by Crippen LogP contribution is -2.23. The topological polar surface area (TPSA) is 51.0 Å². The van der Waals surface area contributed by atoms with E-state index < -0.39 is 0 Å². The maximum atomic E-state index is 5.38. The van der Waals surface area contributed by atoms with Crippen LogP contribution >= 0.6 is 0 Å². The smallest absolute Gasteiger partial charge is 0.228 e. The van der Waals surface area contributed by atoms with Crippen molar-refractivity contribution in [3.8, 4) is 0 Å². The Kier molecular flexibility index (Phi) is 3.11. The molecule has 3 rings (SSSR count). The predicted molar refractivity (Wildman–Crippen MR) is 73.0 cm³/mol. The van der Waals surface area contributed by atoms with Gasteiger partial charge in [-0.15, -0.1) is 0 Å². The fourth-order valence-electron chi connectivity index (χ4n) is 2.42. The molecule has 100 valence electrons. The molecule has 1 atom stereocenters. The van der Waals surface area contributed by atoms with Crippen LogP contribution in [0.25, 0.3) is 0 Å². The molecular weight excluding hydrogens is 238 g/mol. The standard InChI is InChI=1S/C15H19N3O/c1-11(16-2)10-13-17-14(18-19-13)15(8-9-15)12-6-4-3-5-7-12/h3-7,11,16H,8-10H2,1-2H3. The SMILES string of the molecule is CNC(C)Cc1nc(C2(c3ccccc3)CC2)no1. The average molecular weight is 257 g/mol. The normalized spacial score (nSPS) is 18.2. The van der Waals surface area contributed by atoms with Gasteiger partial charge in [-0.1, -0.05) is 35.5 Å². The van der Waals surface area contributed by atoms with Gasteiger partial charge in [0.05, 0.1) is 5.41 Å². The van der Waals surface area contributed by atoms with E-state index in [1.165, 1.54) is 5.56 Å². The average Bonchev–Trinajstić information content (AvgIpc) is 3.14. The number of nitrogens with one attached hydrogen (secondary N) is 1. The third-order valence-corrected chi connectivity index (χ3v) is 3.95. The highest BCUT2D eigenvalue weighted by atomic mass is 16.5. The molecule has 1 aromatic heterocycles. The minimum Gasteiger partial charge on any atom is -0.339 e. The molecule has 1 aromatic carbocycles. The maximum absolute atomic E-state index is 5.38. The highest BCUT2D eigenvalue weighted by Gasteiger charge is 2.49. The molecule has 0 radical (unpaired) electrons. The van der Waals surface area contributed by atoms with Gasteiger partial charge in [-0.05, 0) is 32.4 Å². The quantitative estimate of drug-likeness (QED) is 0.893. The van der Waals surface area contributed by atoms with Crippen molar-refractivity contribution in [1.82, 2.24) is 15.5 Å². The molecule has 4 nitrogen and oxygen atoms in total. The molecule has 1 saturated carbocycles. The van der Waals surface area contributed by atoms with Gasteiger partial charge in [-0.2, -0.15) is 4.98 Å². The van der Waals surface area contributed by atoms with Crippen LogP contribution in [0.1, 0.15) is 37.0 Å². The molecular formula is C15H19N3O. The largest absolute Gasteiger partial charge is 0.339 e. The summed E-state index contributed by atoms with van der Waals surface area (Å²) >= 11 is 0. The Bertz CT molecular complexity index is 546. The molecule has 4 heteroatoms. The van der Waals surface area contributed by atoms with Crippen LogP contribution in [0.5, 0.6) is 0 Å². The van der Waals surface area contributed by atoms with E-state index in [1.54, 1.807) is 0 Å². The number of aromatic nitrogens is 2. The third-order valence-electron chi connectivity index (χ3n) is 3.95. The van der Waals surface area contributed by atoms with E-state index in [0.717, 1.165) is 31.0 Å². The lowest BCUT2D eigenvalue weighted by molar-refractivity contribution is 0.358. The molecule has 0 bridgehead atoms. The molecule has 1 unspecified atom stereocenters. The Balaban J connectivity index is 1.83. The first kappa shape index (κ1) is 12.4. The number of likely N-dealkylation sites (N-methyl/N-ethyl adjacent to an activating group) is 1. The van der Waals surface area contributed by atoms with Crippen molar-refractivity contribution in [2.45, 2.75) is 37.6 Å². The van der Waals surface area contributed by atoms with Crippen LogP contribution in [0.4, 0.5) is 0 Å². The fraction of sp³-hybridized carbons (Fsp3) is 0.467. The maximum Gasteiger partial charge on any atom is 0.228 e. The van der Waals surface area contributed by atoms with E-state index in [4.69, 9.17) is 4.52 Å². The van der Waals surface area contributed by atoms with Gasteiger partial charge >= 0.3 is 0 Å². The van der Waals surface area contributed by atoms with E-state index >= 15 is 0 Å². The van der Waals surface area contributed by atoms with Crippen LogP contribution in [0.2, 0.25) is 0 Å². The molecule has 2 aromatic rings. The number of hydrogen-bond acceptors (Lipinski definition) is 4. The zero-order valence-electron chi connectivity index (χ0n) is 11.4. The molecule has 1 heterocycles. The summed E-state index contributed by atoms with van der Waals surface area (Å²) in [6, 6.07) is 10.8. The van der Waals surface area contributed by atoms with Gasteiger partial charge in [-0.25, -0.2) is 0 Å². The van der Waals surface area contributed by atoms with Crippen LogP contribution in [0, 0.1) is 0 Å². The van der Waals surface area contributed by atoms with Gasteiger partial charge in [0.25, 0.3) is 0 Å². The lowest BCUT2D eigenvalue weighted by Gasteiger charge is -2.10. The Labute approximate surface area is 113 Å². The predicted octanol–water partition coefficient (Wildman–Crippen LogP) is 2.30. The van der Waals surface area contributed by atoms with Gasteiger partial charge in [0, 0.05) is 12.5 Å². The second-order valence-electron chi connectivity index (χ2n) is 5.35. The molecule has 19 heavy (non-hydrogen) atoms. The van der Waals surface area contributed by atoms with E-state index in [9.17, 15) is 0 Å². The van der Waals surface area contributed by atoms with Crippen molar-refractivity contribution in [2.24, 2.45) is 0 Å². The zero-order chi connectivity index (χ0) is 13.3. The van der Waals surface area contributed by atoms with Gasteiger partial charge in [0.2, 0.25) is 5.89 Å². The summed E-state index contributed by atoms with van der Waals surface area (Å²) in [5, 5.41) is 7.38. The van der Waals surface area contributed by atoms with Crippen LogP contribution in [0.15, 0.2) is 34.9 Å². The Morgan fingerprint density at radius 1 is 1.32 bits per heavy atom. The van der Waals surface area contributed by atoms with Crippen LogP contribution < -0.4 is 5.32 Å². The highest BCUT2D eigenvalue weighted by molar-refractivity contribution is 5.38. The van der Waals surface area contributed by atoms with Crippen LogP contribution in [-0.4, -0.2) is 23.2 Å². The second-order valence-corrected chi connectivity index (χ2v) is 5.35. The van der Waals surface area contributed by atoms with Crippen molar-refractivity contribution in [2.75, 3.05) is 7.05 Å². The van der Waals surface area contributed by atoms with Gasteiger partial charge in [0.15, 0.2) is 5.82 Å². The van der Waals surface area contributed by atoms with Crippen molar-refractivity contribution in [3.63, 3.8) is 0 Å². The molecule has 1 aliphatic carbocycles. The molecule has 0 saturated heterocycles. The summed E-state index contributed by atoms with van der Waals surface area (Å²) < 4.78 is 5.38. The lowest BCUT2D eigenvalue weighted by atomic mass is 9.95.